The Kier molecular flexibility index (Phi) is 6.32. The van der Waals surface area contributed by atoms with Crippen LogP contribution in [0.2, 0.25) is 0 Å². The molecule has 0 aliphatic rings. The van der Waals surface area contributed by atoms with Gasteiger partial charge in [-0.15, -0.1) is 5.10 Å². The lowest BCUT2D eigenvalue weighted by Gasteiger charge is -2.13. The van der Waals surface area contributed by atoms with Crippen LogP contribution in [-0.2, 0) is 23.6 Å². The van der Waals surface area contributed by atoms with E-state index >= 15 is 0 Å². The van der Waals surface area contributed by atoms with E-state index < -0.39 is 35.0 Å². The van der Waals surface area contributed by atoms with Gasteiger partial charge in [0.2, 0.25) is 5.91 Å². The number of nitrogens with zero attached hydrogens (tertiary/aromatic N) is 4. The Hall–Kier alpha value is -3.70. The zero-order valence-electron chi connectivity index (χ0n) is 16.2. The van der Waals surface area contributed by atoms with Gasteiger partial charge in [0.1, 0.15) is 6.33 Å². The van der Waals surface area contributed by atoms with Crippen LogP contribution in [0.5, 0.6) is 0 Å². The highest BCUT2D eigenvalue weighted by molar-refractivity contribution is 5.94. The predicted molar refractivity (Wildman–Crippen MR) is 101 cm³/mol. The number of primary amides is 1. The zero-order valence-corrected chi connectivity index (χ0v) is 16.2. The summed E-state index contributed by atoms with van der Waals surface area (Å²) in [6.45, 7) is 0. The van der Waals surface area contributed by atoms with Crippen molar-refractivity contribution in [3.05, 3.63) is 71.3 Å². The molecule has 0 atom stereocenters. The van der Waals surface area contributed by atoms with E-state index in [4.69, 9.17) is 5.73 Å². The van der Waals surface area contributed by atoms with E-state index in [1.54, 1.807) is 24.5 Å². The van der Waals surface area contributed by atoms with E-state index in [9.17, 15) is 31.1 Å². The first-order valence-electron chi connectivity index (χ1n) is 9.04. The molecule has 1 amide bonds. The molecule has 0 unspecified atom stereocenters. The topological polar surface area (TPSA) is 86.7 Å². The van der Waals surface area contributed by atoms with Crippen molar-refractivity contribution < 1.29 is 31.1 Å². The van der Waals surface area contributed by atoms with Crippen LogP contribution in [0.1, 0.15) is 23.1 Å². The second-order valence-electron chi connectivity index (χ2n) is 6.72. The lowest BCUT2D eigenvalue weighted by molar-refractivity contribution is -0.143. The monoisotopic (exact) mass is 455 g/mol. The average Bonchev–Trinajstić information content (AvgIpc) is 3.19. The number of hydrogen-bond donors (Lipinski definition) is 1. The van der Waals surface area contributed by atoms with E-state index in [1.165, 1.54) is 6.20 Å². The minimum Gasteiger partial charge on any atom is -0.366 e. The van der Waals surface area contributed by atoms with Crippen molar-refractivity contribution in [2.75, 3.05) is 0 Å². The first kappa shape index (κ1) is 23.0. The van der Waals surface area contributed by atoms with Gasteiger partial charge in [0.25, 0.3) is 0 Å². The van der Waals surface area contributed by atoms with Gasteiger partial charge in [-0.25, -0.2) is 9.67 Å². The average molecular weight is 455 g/mol. The Morgan fingerprint density at radius 2 is 1.72 bits per heavy atom. The lowest BCUT2D eigenvalue weighted by Crippen LogP contribution is -2.15. The Morgan fingerprint density at radius 3 is 2.25 bits per heavy atom. The summed E-state index contributed by atoms with van der Waals surface area (Å²) in [6, 6.07) is 4.58. The molecule has 168 valence electrons. The van der Waals surface area contributed by atoms with Crippen molar-refractivity contribution in [2.45, 2.75) is 25.2 Å². The second kappa shape index (κ2) is 8.81. The Bertz CT molecular complexity index is 1100. The van der Waals surface area contributed by atoms with Gasteiger partial charge in [-0.1, -0.05) is 6.07 Å². The third-order valence-corrected chi connectivity index (χ3v) is 4.36. The Balaban J connectivity index is 1.92. The molecule has 0 saturated carbocycles. The summed E-state index contributed by atoms with van der Waals surface area (Å²) >= 11 is 0. The minimum atomic E-state index is -5.00. The standard InChI is InChI=1S/C20H15F6N5O/c21-19(22,23)15-6-14(7-16(8-15)20(24,25)26)18-29-11-31(30-18)10-13(17(27)32)4-3-12-2-1-5-28-9-12/h1-2,5-11H,3-4H2,(H2,27,32)/b13-10+. The van der Waals surface area contributed by atoms with Crippen LogP contribution in [0, 0.1) is 0 Å². The third-order valence-electron chi connectivity index (χ3n) is 4.36. The SMILES string of the molecule is NC(=O)/C(=C/n1cnc(-c2cc(C(F)(F)F)cc(C(F)(F)F)c2)n1)CCc1cccnc1. The van der Waals surface area contributed by atoms with Crippen LogP contribution < -0.4 is 5.73 Å². The molecule has 2 aromatic heterocycles. The molecule has 2 N–H and O–H groups in total. The number of hydrogen-bond acceptors (Lipinski definition) is 4. The number of carbonyl (C=O) groups excluding carboxylic acids is 1. The molecule has 6 nitrogen and oxygen atoms in total. The number of amides is 1. The van der Waals surface area contributed by atoms with E-state index in [0.717, 1.165) is 16.6 Å². The molecule has 3 rings (SSSR count). The fourth-order valence-corrected chi connectivity index (χ4v) is 2.79. The van der Waals surface area contributed by atoms with Gasteiger partial charge in [0.15, 0.2) is 5.82 Å². The number of alkyl halides is 6. The van der Waals surface area contributed by atoms with Gasteiger partial charge in [-0.3, -0.25) is 9.78 Å². The van der Waals surface area contributed by atoms with Crippen LogP contribution in [0.25, 0.3) is 17.6 Å². The van der Waals surface area contributed by atoms with Gasteiger partial charge in [0.05, 0.1) is 11.1 Å². The van der Waals surface area contributed by atoms with Crippen molar-refractivity contribution in [2.24, 2.45) is 5.73 Å². The maximum absolute atomic E-state index is 13.1. The molecule has 0 fully saturated rings. The molecule has 0 spiro atoms. The fourth-order valence-electron chi connectivity index (χ4n) is 2.79. The van der Waals surface area contributed by atoms with Gasteiger partial charge in [0, 0.05) is 29.7 Å². The van der Waals surface area contributed by atoms with Crippen LogP contribution in [0.3, 0.4) is 0 Å². The van der Waals surface area contributed by atoms with E-state index in [0.29, 0.717) is 18.6 Å². The molecular weight excluding hydrogens is 440 g/mol. The van der Waals surface area contributed by atoms with Crippen LogP contribution in [0.4, 0.5) is 26.3 Å². The molecule has 0 radical (unpaired) electrons. The van der Waals surface area contributed by atoms with E-state index in [-0.39, 0.29) is 23.9 Å². The molecule has 12 heteroatoms. The summed E-state index contributed by atoms with van der Waals surface area (Å²) in [5.74, 6) is -1.14. The summed E-state index contributed by atoms with van der Waals surface area (Å²) in [6.07, 6.45) is -3.90. The van der Waals surface area contributed by atoms with Gasteiger partial charge in [-0.2, -0.15) is 26.3 Å². The molecule has 2 heterocycles. The van der Waals surface area contributed by atoms with Crippen LogP contribution >= 0.6 is 0 Å². The van der Waals surface area contributed by atoms with Crippen LogP contribution in [0.15, 0.2) is 54.6 Å². The maximum atomic E-state index is 13.1. The zero-order chi connectivity index (χ0) is 23.5. The molecule has 0 aliphatic carbocycles. The second-order valence-corrected chi connectivity index (χ2v) is 6.72. The summed E-state index contributed by atoms with van der Waals surface area (Å²) in [5.41, 5.74) is 2.89. The number of benzene rings is 1. The smallest absolute Gasteiger partial charge is 0.366 e. The molecule has 0 aliphatic heterocycles. The van der Waals surface area contributed by atoms with Crippen molar-refractivity contribution in [1.82, 2.24) is 19.7 Å². The first-order chi connectivity index (χ1) is 14.9. The minimum absolute atomic E-state index is 0.0179. The number of pyridine rings is 1. The van der Waals surface area contributed by atoms with Crippen LogP contribution in [-0.4, -0.2) is 25.7 Å². The largest absolute Gasteiger partial charge is 0.416 e. The molecule has 0 bridgehead atoms. The molecule has 1 aromatic carbocycles. The van der Waals surface area contributed by atoms with Crippen molar-refractivity contribution in [1.29, 1.82) is 0 Å². The van der Waals surface area contributed by atoms with E-state index in [1.807, 2.05) is 0 Å². The summed E-state index contributed by atoms with van der Waals surface area (Å²) in [5, 5.41) is 3.88. The Morgan fingerprint density at radius 1 is 1.06 bits per heavy atom. The fraction of sp³-hybridized carbons (Fsp3) is 0.200. The lowest BCUT2D eigenvalue weighted by atomic mass is 10.0. The predicted octanol–water partition coefficient (Wildman–Crippen LogP) is 4.34. The van der Waals surface area contributed by atoms with Gasteiger partial charge >= 0.3 is 12.4 Å². The summed E-state index contributed by atoms with van der Waals surface area (Å²) in [4.78, 5) is 19.5. The third kappa shape index (κ3) is 5.71. The van der Waals surface area contributed by atoms with Crippen molar-refractivity contribution in [3.63, 3.8) is 0 Å². The van der Waals surface area contributed by atoms with Gasteiger partial charge < -0.3 is 5.73 Å². The highest BCUT2D eigenvalue weighted by Crippen LogP contribution is 2.38. The number of carbonyl (C=O) groups is 1. The number of rotatable bonds is 6. The number of aromatic nitrogens is 4. The number of halogens is 6. The van der Waals surface area contributed by atoms with Crippen molar-refractivity contribution in [3.8, 4) is 11.4 Å². The van der Waals surface area contributed by atoms with Gasteiger partial charge in [-0.05, 0) is 42.7 Å². The molecule has 3 aromatic rings. The number of aryl methyl sites for hydroxylation is 1. The first-order valence-corrected chi connectivity index (χ1v) is 9.04. The summed E-state index contributed by atoms with van der Waals surface area (Å²) < 4.78 is 79.4. The Labute approximate surface area is 177 Å². The molecule has 32 heavy (non-hydrogen) atoms. The maximum Gasteiger partial charge on any atom is 0.416 e. The van der Waals surface area contributed by atoms with E-state index in [2.05, 4.69) is 15.1 Å². The highest BCUT2D eigenvalue weighted by Gasteiger charge is 2.37. The number of nitrogens with two attached hydrogens (primary N) is 1. The normalized spacial score (nSPS) is 12.8. The van der Waals surface area contributed by atoms with Crippen molar-refractivity contribution >= 4 is 12.1 Å². The molecular formula is C20H15F6N5O. The highest BCUT2D eigenvalue weighted by atomic mass is 19.4. The molecule has 0 saturated heterocycles. The summed E-state index contributed by atoms with van der Waals surface area (Å²) in [7, 11) is 0. The quantitative estimate of drug-likeness (QED) is 0.443.